The van der Waals surface area contributed by atoms with Crippen LogP contribution in [0, 0.1) is 17.8 Å². The molecule has 3 rings (SSSR count). The maximum absolute atomic E-state index is 12.6. The summed E-state index contributed by atoms with van der Waals surface area (Å²) in [7, 11) is 0. The predicted octanol–water partition coefficient (Wildman–Crippen LogP) is 0.936. The number of ether oxygens (including phenoxy) is 4. The SMILES string of the molecule is CC1OC(OC2C=CC=CC=CC=CCCC=CC=CC(C)[C@@H](O)[C@@H](C)[C@H](C)OC(=O)CC(O)CC(O)CC(O)CCC(O)C(O)C[C@]3(O)CC(O)C(C(=O)O)C(C2)O3)C(O)C(N)C1O. The monoisotopic (exact) mass is 926 g/mol. The van der Waals surface area contributed by atoms with Gasteiger partial charge in [0.15, 0.2) is 12.1 Å². The molecule has 0 radical (unpaired) electrons. The number of rotatable bonds is 3. The first-order valence-electron chi connectivity index (χ1n) is 22.6. The molecule has 2 fully saturated rings. The average Bonchev–Trinajstić information content (AvgIpc) is 3.21. The molecule has 0 saturated carbocycles. The molecule has 0 aliphatic carbocycles. The molecule has 2 bridgehead atoms. The van der Waals surface area contributed by atoms with Gasteiger partial charge >= 0.3 is 11.9 Å². The number of fused-ring (bicyclic) bond motifs is 2. The van der Waals surface area contributed by atoms with Gasteiger partial charge < -0.3 is 80.9 Å². The van der Waals surface area contributed by atoms with E-state index in [1.807, 2.05) is 49.5 Å². The molecule has 65 heavy (non-hydrogen) atoms. The number of hydrogen-bond acceptors (Lipinski definition) is 17. The van der Waals surface area contributed by atoms with Gasteiger partial charge in [-0.2, -0.15) is 0 Å². The molecule has 0 aromatic rings. The Labute approximate surface area is 381 Å². The van der Waals surface area contributed by atoms with E-state index in [0.717, 1.165) is 12.8 Å². The van der Waals surface area contributed by atoms with Crippen molar-refractivity contribution in [3.05, 3.63) is 72.9 Å². The fourth-order valence-corrected chi connectivity index (χ4v) is 8.11. The molecule has 370 valence electrons. The maximum atomic E-state index is 12.6. The molecular formula is C47H75NO17. The summed E-state index contributed by atoms with van der Waals surface area (Å²) in [4.78, 5) is 25.1. The van der Waals surface area contributed by atoms with E-state index in [9.17, 15) is 65.8 Å². The third-order valence-electron chi connectivity index (χ3n) is 12.2. The van der Waals surface area contributed by atoms with Crippen LogP contribution in [0.3, 0.4) is 0 Å². The van der Waals surface area contributed by atoms with Crippen molar-refractivity contribution in [2.75, 3.05) is 0 Å². The number of aliphatic carboxylic acids is 1. The van der Waals surface area contributed by atoms with Gasteiger partial charge in [-0.05, 0) is 52.4 Å². The summed E-state index contributed by atoms with van der Waals surface area (Å²) in [5.74, 6) is -6.82. The number of aliphatic hydroxyl groups excluding tert-OH is 9. The Morgan fingerprint density at radius 2 is 1.28 bits per heavy atom. The van der Waals surface area contributed by atoms with Crippen molar-refractivity contribution in [3.63, 3.8) is 0 Å². The zero-order chi connectivity index (χ0) is 48.4. The van der Waals surface area contributed by atoms with Crippen molar-refractivity contribution in [2.24, 2.45) is 23.5 Å². The molecule has 3 aliphatic rings. The second-order valence-corrected chi connectivity index (χ2v) is 17.8. The van der Waals surface area contributed by atoms with E-state index >= 15 is 0 Å². The van der Waals surface area contributed by atoms with E-state index in [4.69, 9.17) is 24.7 Å². The zero-order valence-electron chi connectivity index (χ0n) is 37.8. The lowest BCUT2D eigenvalue weighted by Crippen LogP contribution is -2.61. The van der Waals surface area contributed by atoms with Crippen molar-refractivity contribution in [1.29, 1.82) is 0 Å². The first kappa shape index (κ1) is 56.1. The largest absolute Gasteiger partial charge is 0.481 e. The minimum atomic E-state index is -2.35. The molecule has 0 amide bonds. The smallest absolute Gasteiger partial charge is 0.311 e. The number of carboxylic acids is 1. The van der Waals surface area contributed by atoms with Crippen LogP contribution in [0.1, 0.15) is 91.9 Å². The highest BCUT2D eigenvalue weighted by molar-refractivity contribution is 5.71. The van der Waals surface area contributed by atoms with Crippen LogP contribution in [0.5, 0.6) is 0 Å². The van der Waals surface area contributed by atoms with E-state index in [2.05, 4.69) is 0 Å². The van der Waals surface area contributed by atoms with Crippen LogP contribution in [0.2, 0.25) is 0 Å². The summed E-state index contributed by atoms with van der Waals surface area (Å²) in [5.41, 5.74) is 6.02. The summed E-state index contributed by atoms with van der Waals surface area (Å²) >= 11 is 0. The van der Waals surface area contributed by atoms with Gasteiger partial charge in [-0.3, -0.25) is 9.59 Å². The Morgan fingerprint density at radius 1 is 0.692 bits per heavy atom. The summed E-state index contributed by atoms with van der Waals surface area (Å²) in [6, 6.07) is -1.14. The Bertz CT molecular complexity index is 1620. The van der Waals surface area contributed by atoms with E-state index in [-0.39, 0.29) is 38.0 Å². The summed E-state index contributed by atoms with van der Waals surface area (Å²) in [6.45, 7) is 6.78. The molecule has 0 aromatic carbocycles. The lowest BCUT2D eigenvalue weighted by Gasteiger charge is -2.45. The van der Waals surface area contributed by atoms with Crippen LogP contribution in [0.25, 0.3) is 0 Å². The minimum absolute atomic E-state index is 0.138. The van der Waals surface area contributed by atoms with Crippen LogP contribution in [-0.4, -0.2) is 166 Å². The van der Waals surface area contributed by atoms with Crippen molar-refractivity contribution in [3.8, 4) is 0 Å². The number of allylic oxidation sites excluding steroid dienone is 10. The van der Waals surface area contributed by atoms with Crippen molar-refractivity contribution in [2.45, 2.75) is 189 Å². The van der Waals surface area contributed by atoms with Gasteiger partial charge in [0.2, 0.25) is 0 Å². The average molecular weight is 926 g/mol. The number of aliphatic hydroxyl groups is 10. The van der Waals surface area contributed by atoms with Gasteiger partial charge in [0.25, 0.3) is 0 Å². The molecule has 2 saturated heterocycles. The van der Waals surface area contributed by atoms with E-state index in [0.29, 0.717) is 0 Å². The fourth-order valence-electron chi connectivity index (χ4n) is 8.11. The Balaban J connectivity index is 1.84. The normalized spacial score (nSPS) is 42.3. The fraction of sp³-hybridized carbons (Fsp3) is 0.702. The third-order valence-corrected chi connectivity index (χ3v) is 12.2. The van der Waals surface area contributed by atoms with Crippen LogP contribution in [0.15, 0.2) is 72.9 Å². The highest BCUT2D eigenvalue weighted by atomic mass is 16.7. The van der Waals surface area contributed by atoms with Crippen LogP contribution >= 0.6 is 0 Å². The summed E-state index contributed by atoms with van der Waals surface area (Å²) in [6.07, 6.45) is 2.28. The predicted molar refractivity (Wildman–Crippen MR) is 237 cm³/mol. The lowest BCUT2D eigenvalue weighted by molar-refractivity contribution is -0.310. The molecule has 19 atom stereocenters. The van der Waals surface area contributed by atoms with E-state index < -0.39 is 141 Å². The lowest BCUT2D eigenvalue weighted by atomic mass is 9.82. The molecule has 13 N–H and O–H groups in total. The van der Waals surface area contributed by atoms with Crippen LogP contribution in [0.4, 0.5) is 0 Å². The second-order valence-electron chi connectivity index (χ2n) is 17.8. The van der Waals surface area contributed by atoms with Crippen molar-refractivity contribution < 1.29 is 84.7 Å². The molecule has 18 heteroatoms. The topological polar surface area (TPSA) is 320 Å². The highest BCUT2D eigenvalue weighted by Crippen LogP contribution is 2.38. The van der Waals surface area contributed by atoms with Gasteiger partial charge in [-0.25, -0.2) is 0 Å². The summed E-state index contributed by atoms with van der Waals surface area (Å²) in [5, 5.41) is 118. The van der Waals surface area contributed by atoms with Crippen molar-refractivity contribution >= 4 is 11.9 Å². The van der Waals surface area contributed by atoms with Gasteiger partial charge in [-0.1, -0.05) is 86.8 Å². The van der Waals surface area contributed by atoms with Gasteiger partial charge in [0.05, 0.1) is 79.6 Å². The van der Waals surface area contributed by atoms with E-state index in [1.54, 1.807) is 38.2 Å². The maximum Gasteiger partial charge on any atom is 0.311 e. The number of carbonyl (C=O) groups excluding carboxylic acids is 1. The first-order chi connectivity index (χ1) is 30.6. The van der Waals surface area contributed by atoms with E-state index in [1.165, 1.54) is 13.0 Å². The number of nitrogens with two attached hydrogens (primary N) is 1. The van der Waals surface area contributed by atoms with Gasteiger partial charge in [0.1, 0.15) is 18.1 Å². The highest BCUT2D eigenvalue weighted by Gasteiger charge is 2.51. The minimum Gasteiger partial charge on any atom is -0.481 e. The number of esters is 1. The second kappa shape index (κ2) is 27.6. The summed E-state index contributed by atoms with van der Waals surface area (Å²) < 4.78 is 23.2. The Hall–Kier alpha value is -3.18. The molecule has 3 heterocycles. The van der Waals surface area contributed by atoms with Gasteiger partial charge in [0, 0.05) is 31.1 Å². The van der Waals surface area contributed by atoms with Gasteiger partial charge in [-0.15, -0.1) is 0 Å². The molecule has 3 aliphatic heterocycles. The van der Waals surface area contributed by atoms with Crippen LogP contribution in [-0.2, 0) is 28.5 Å². The molecular weight excluding hydrogens is 851 g/mol. The standard InChI is InChI=1S/C47H75NO17/c1-27-17-15-13-11-9-7-5-6-8-10-12-14-16-18-34(64-46-44(58)41(48)43(57)30(4)63-46)24-38-40(45(59)60)37(54)26-47(61,65-38)25-36(53)35(52)20-19-31(49)21-32(50)22-33(51)23-39(55)62-29(3)28(2)42(27)56/h5-6,8,10-18,27-38,40-44,46,49-54,56-58,61H,7,9,19-26,48H2,1-4H3,(H,59,60)/t27?,28-,29-,30?,31?,32?,33?,34?,35?,36?,37?,38?,40?,41?,42+,43?,44?,46?,47+/m0/s1. The molecule has 0 aromatic heterocycles. The number of carbonyl (C=O) groups is 2. The Kier molecular flexibility index (Phi) is 23.8. The number of cyclic esters (lactones) is 1. The van der Waals surface area contributed by atoms with Crippen molar-refractivity contribution in [1.82, 2.24) is 0 Å². The quantitative estimate of drug-likeness (QED) is 0.175. The zero-order valence-corrected chi connectivity index (χ0v) is 37.8. The third kappa shape index (κ3) is 18.8. The van der Waals surface area contributed by atoms with Crippen LogP contribution < -0.4 is 5.73 Å². The number of hydrogen-bond donors (Lipinski definition) is 12. The number of carboxylic acid groups (broad SMARTS) is 1. The molecule has 18 nitrogen and oxygen atoms in total. The molecule has 15 unspecified atom stereocenters. The first-order valence-corrected chi connectivity index (χ1v) is 22.6. The Morgan fingerprint density at radius 3 is 1.94 bits per heavy atom. The molecule has 0 spiro atoms.